The van der Waals surface area contributed by atoms with Crippen molar-refractivity contribution in [1.82, 2.24) is 4.90 Å². The normalized spacial score (nSPS) is 19.5. The maximum atomic E-state index is 15.1. The molecule has 0 bridgehead atoms. The van der Waals surface area contributed by atoms with Gasteiger partial charge in [0.25, 0.3) is 0 Å². The Bertz CT molecular complexity index is 1090. The molecule has 3 aromatic carbocycles. The predicted molar refractivity (Wildman–Crippen MR) is 115 cm³/mol. The van der Waals surface area contributed by atoms with E-state index >= 15 is 13.2 Å². The number of hydrogen-bond donors (Lipinski definition) is 1. The van der Waals surface area contributed by atoms with E-state index in [0.29, 0.717) is 11.1 Å². The van der Waals surface area contributed by atoms with Gasteiger partial charge >= 0.3 is 12.2 Å². The molecule has 0 saturated heterocycles. The van der Waals surface area contributed by atoms with Gasteiger partial charge in [0, 0.05) is 22.7 Å². The molecule has 0 aromatic heterocycles. The van der Waals surface area contributed by atoms with Crippen LogP contribution in [0.15, 0.2) is 78.9 Å². The van der Waals surface area contributed by atoms with Crippen LogP contribution in [0.1, 0.15) is 29.7 Å². The molecule has 3 nitrogen and oxygen atoms in total. The van der Waals surface area contributed by atoms with Crippen LogP contribution in [-0.2, 0) is 12.0 Å². The molecular formula is C24H20ClF3N2O. The Kier molecular flexibility index (Phi) is 5.43. The molecule has 0 unspecified atom stereocenters. The molecule has 3 aromatic rings. The minimum absolute atomic E-state index is 0.0706. The highest BCUT2D eigenvalue weighted by atomic mass is 35.5. The minimum Gasteiger partial charge on any atom is -0.307 e. The Hall–Kier alpha value is -2.99. The number of rotatable bonds is 4. The summed E-state index contributed by atoms with van der Waals surface area (Å²) in [5.41, 5.74) is -1.50. The topological polar surface area (TPSA) is 32.3 Å². The lowest BCUT2D eigenvalue weighted by atomic mass is 9.78. The zero-order valence-corrected chi connectivity index (χ0v) is 17.4. The maximum absolute atomic E-state index is 15.1. The number of fused-ring (bicyclic) bond motifs is 1. The van der Waals surface area contributed by atoms with Crippen molar-refractivity contribution >= 4 is 23.3 Å². The van der Waals surface area contributed by atoms with Crippen LogP contribution in [-0.4, -0.2) is 17.1 Å². The molecule has 2 amide bonds. The highest BCUT2D eigenvalue weighted by Gasteiger charge is 2.64. The van der Waals surface area contributed by atoms with E-state index < -0.39 is 30.2 Å². The Labute approximate surface area is 183 Å². The number of nitrogens with one attached hydrogen (secondary N) is 1. The molecule has 0 radical (unpaired) electrons. The number of amides is 2. The van der Waals surface area contributed by atoms with E-state index in [1.807, 2.05) is 0 Å². The predicted octanol–water partition coefficient (Wildman–Crippen LogP) is 6.95. The number of hydrogen-bond acceptors (Lipinski definition) is 1. The summed E-state index contributed by atoms with van der Waals surface area (Å²) in [7, 11) is 0. The number of carbonyl (C=O) groups excluding carboxylic acids is 1. The molecule has 0 aliphatic carbocycles. The van der Waals surface area contributed by atoms with E-state index in [0.717, 1.165) is 4.90 Å². The second kappa shape index (κ2) is 7.93. The summed E-state index contributed by atoms with van der Waals surface area (Å²) in [6.45, 7) is 1.61. The van der Waals surface area contributed by atoms with E-state index in [-0.39, 0.29) is 16.3 Å². The fourth-order valence-electron chi connectivity index (χ4n) is 4.29. The molecule has 160 valence electrons. The average molecular weight is 445 g/mol. The number of alkyl halides is 3. The van der Waals surface area contributed by atoms with E-state index in [1.165, 1.54) is 18.2 Å². The first-order valence-electron chi connectivity index (χ1n) is 9.80. The van der Waals surface area contributed by atoms with Crippen molar-refractivity contribution in [2.24, 2.45) is 0 Å². The molecule has 1 N–H and O–H groups in total. The fraction of sp³-hybridized carbons (Fsp3) is 0.208. The lowest BCUT2D eigenvalue weighted by molar-refractivity contribution is -0.234. The van der Waals surface area contributed by atoms with Crippen molar-refractivity contribution in [1.29, 1.82) is 0 Å². The average Bonchev–Trinajstić information content (AvgIpc) is 2.74. The number of anilines is 1. The summed E-state index contributed by atoms with van der Waals surface area (Å²) in [5.74, 6) is 0. The molecule has 2 atom stereocenters. The van der Waals surface area contributed by atoms with Gasteiger partial charge in [-0.2, -0.15) is 13.2 Å². The third-order valence-corrected chi connectivity index (χ3v) is 5.97. The van der Waals surface area contributed by atoms with Crippen molar-refractivity contribution < 1.29 is 18.0 Å². The standard InChI is InChI=1S/C24H20ClF3N2O/c1-16(18-10-6-3-7-11-18)30-22(31)29-21-13-12-19(25)14-20(21)23(30,24(26,27)28)15-17-8-4-2-5-9-17/h2-14,16H,15H2,1H3,(H,29,31)/t16-,23-/m1/s1. The molecule has 0 spiro atoms. The van der Waals surface area contributed by atoms with Crippen molar-refractivity contribution in [2.75, 3.05) is 5.32 Å². The molecule has 1 aliphatic rings. The van der Waals surface area contributed by atoms with Crippen molar-refractivity contribution in [3.05, 3.63) is 101 Å². The number of halogens is 4. The van der Waals surface area contributed by atoms with Gasteiger partial charge in [0.15, 0.2) is 5.54 Å². The molecule has 31 heavy (non-hydrogen) atoms. The van der Waals surface area contributed by atoms with Crippen LogP contribution in [0.3, 0.4) is 0 Å². The molecule has 7 heteroatoms. The first-order chi connectivity index (χ1) is 14.7. The summed E-state index contributed by atoms with van der Waals surface area (Å²) in [6, 6.07) is 19.6. The highest BCUT2D eigenvalue weighted by molar-refractivity contribution is 6.30. The van der Waals surface area contributed by atoms with Crippen LogP contribution in [0.2, 0.25) is 5.02 Å². The van der Waals surface area contributed by atoms with Crippen LogP contribution < -0.4 is 5.32 Å². The lowest BCUT2D eigenvalue weighted by Crippen LogP contribution is -2.63. The number of carbonyl (C=O) groups is 1. The molecular weight excluding hydrogens is 425 g/mol. The van der Waals surface area contributed by atoms with Gasteiger partial charge in [-0.25, -0.2) is 4.79 Å². The van der Waals surface area contributed by atoms with E-state index in [1.54, 1.807) is 67.6 Å². The third kappa shape index (κ3) is 3.65. The Balaban J connectivity index is 2.00. The minimum atomic E-state index is -4.77. The van der Waals surface area contributed by atoms with Gasteiger partial charge in [-0.15, -0.1) is 0 Å². The molecule has 0 saturated carbocycles. The SMILES string of the molecule is C[C@H](c1ccccc1)N1C(=O)Nc2ccc(Cl)cc2[C@]1(Cc1ccccc1)C(F)(F)F. The monoisotopic (exact) mass is 444 g/mol. The van der Waals surface area contributed by atoms with Crippen molar-refractivity contribution in [2.45, 2.75) is 31.1 Å². The van der Waals surface area contributed by atoms with Gasteiger partial charge in [-0.05, 0) is 36.2 Å². The van der Waals surface area contributed by atoms with Crippen LogP contribution in [0.5, 0.6) is 0 Å². The summed E-state index contributed by atoms with van der Waals surface area (Å²) in [5, 5.41) is 2.80. The smallest absolute Gasteiger partial charge is 0.307 e. The fourth-order valence-corrected chi connectivity index (χ4v) is 4.47. The van der Waals surface area contributed by atoms with Gasteiger partial charge in [-0.1, -0.05) is 72.3 Å². The number of nitrogens with zero attached hydrogens (tertiary/aromatic N) is 1. The molecule has 1 aliphatic heterocycles. The molecule has 1 heterocycles. The first-order valence-corrected chi connectivity index (χ1v) is 10.2. The third-order valence-electron chi connectivity index (χ3n) is 5.74. The number of benzene rings is 3. The van der Waals surface area contributed by atoms with Crippen LogP contribution in [0.4, 0.5) is 23.7 Å². The second-order valence-electron chi connectivity index (χ2n) is 7.60. The van der Waals surface area contributed by atoms with Crippen LogP contribution >= 0.6 is 11.6 Å². The van der Waals surface area contributed by atoms with Crippen molar-refractivity contribution in [3.63, 3.8) is 0 Å². The van der Waals surface area contributed by atoms with E-state index in [9.17, 15) is 4.79 Å². The van der Waals surface area contributed by atoms with Gasteiger partial charge in [0.05, 0.1) is 6.04 Å². The van der Waals surface area contributed by atoms with Crippen LogP contribution in [0.25, 0.3) is 0 Å². The summed E-state index contributed by atoms with van der Waals surface area (Å²) in [6.07, 6.45) is -5.21. The molecule has 4 rings (SSSR count). The van der Waals surface area contributed by atoms with Gasteiger partial charge in [0.1, 0.15) is 0 Å². The first kappa shape index (κ1) is 21.2. The van der Waals surface area contributed by atoms with Crippen LogP contribution in [0, 0.1) is 0 Å². The largest absolute Gasteiger partial charge is 0.416 e. The highest BCUT2D eigenvalue weighted by Crippen LogP contribution is 2.54. The molecule has 0 fully saturated rings. The second-order valence-corrected chi connectivity index (χ2v) is 8.03. The van der Waals surface area contributed by atoms with E-state index in [2.05, 4.69) is 5.32 Å². The van der Waals surface area contributed by atoms with Gasteiger partial charge < -0.3 is 5.32 Å². The van der Waals surface area contributed by atoms with Gasteiger partial charge in [-0.3, -0.25) is 4.90 Å². The van der Waals surface area contributed by atoms with Gasteiger partial charge in [0.2, 0.25) is 0 Å². The number of urea groups is 1. The lowest BCUT2D eigenvalue weighted by Gasteiger charge is -2.51. The van der Waals surface area contributed by atoms with E-state index in [4.69, 9.17) is 11.6 Å². The summed E-state index contributed by atoms with van der Waals surface area (Å²) in [4.78, 5) is 14.1. The Morgan fingerprint density at radius 3 is 2.23 bits per heavy atom. The van der Waals surface area contributed by atoms with Crippen molar-refractivity contribution in [3.8, 4) is 0 Å². The Morgan fingerprint density at radius 1 is 1.00 bits per heavy atom. The summed E-state index contributed by atoms with van der Waals surface area (Å²) >= 11 is 6.14. The Morgan fingerprint density at radius 2 is 1.61 bits per heavy atom. The zero-order chi connectivity index (χ0) is 22.2. The quantitative estimate of drug-likeness (QED) is 0.464. The summed E-state index contributed by atoms with van der Waals surface area (Å²) < 4.78 is 45.4. The maximum Gasteiger partial charge on any atom is 0.416 e. The zero-order valence-electron chi connectivity index (χ0n) is 16.7.